The van der Waals surface area contributed by atoms with E-state index in [2.05, 4.69) is 25.6 Å². The summed E-state index contributed by atoms with van der Waals surface area (Å²) in [4.78, 5) is 14.9. The molecule has 1 atom stereocenters. The molecule has 1 unspecified atom stereocenters. The molecule has 0 aliphatic carbocycles. The second-order valence-corrected chi connectivity index (χ2v) is 7.13. The van der Waals surface area contributed by atoms with Crippen LogP contribution in [0.3, 0.4) is 0 Å². The number of aryl methyl sites for hydroxylation is 1. The number of nitrogens with zero attached hydrogens (tertiary/aromatic N) is 4. The van der Waals surface area contributed by atoms with Crippen molar-refractivity contribution < 1.29 is 9.32 Å². The van der Waals surface area contributed by atoms with Gasteiger partial charge in [-0.05, 0) is 37.8 Å². The van der Waals surface area contributed by atoms with Gasteiger partial charge in [0.15, 0.2) is 11.6 Å². The van der Waals surface area contributed by atoms with Gasteiger partial charge >= 0.3 is 0 Å². The second-order valence-electron chi connectivity index (χ2n) is 7.13. The zero-order valence-corrected chi connectivity index (χ0v) is 15.8. The summed E-state index contributed by atoms with van der Waals surface area (Å²) in [5.41, 5.74) is 2.21. The predicted molar refractivity (Wildman–Crippen MR) is 106 cm³/mol. The SMILES string of the molecule is Cc1ccc(N2CCCC(CNC(=O)c3cnoc3-c3ccccc3)C2)nn1. The number of carbonyl (C=O) groups is 1. The molecule has 0 saturated carbocycles. The summed E-state index contributed by atoms with van der Waals surface area (Å²) in [6, 6.07) is 13.5. The molecule has 3 heterocycles. The van der Waals surface area contributed by atoms with E-state index in [1.165, 1.54) is 6.20 Å². The Hall–Kier alpha value is -3.22. The summed E-state index contributed by atoms with van der Waals surface area (Å²) in [5, 5.41) is 15.3. The van der Waals surface area contributed by atoms with Crippen molar-refractivity contribution in [2.24, 2.45) is 5.92 Å². The lowest BCUT2D eigenvalue weighted by Crippen LogP contribution is -2.41. The number of nitrogens with one attached hydrogen (secondary N) is 1. The van der Waals surface area contributed by atoms with E-state index in [4.69, 9.17) is 4.52 Å². The Bertz CT molecular complexity index is 923. The molecule has 1 aliphatic rings. The Labute approximate surface area is 163 Å². The highest BCUT2D eigenvalue weighted by molar-refractivity contribution is 5.99. The van der Waals surface area contributed by atoms with Gasteiger partial charge in [-0.1, -0.05) is 35.5 Å². The van der Waals surface area contributed by atoms with Crippen LogP contribution in [0.2, 0.25) is 0 Å². The van der Waals surface area contributed by atoms with E-state index in [0.29, 0.717) is 23.8 Å². The third kappa shape index (κ3) is 4.03. The van der Waals surface area contributed by atoms with Crippen molar-refractivity contribution in [3.05, 3.63) is 59.9 Å². The second kappa shape index (κ2) is 8.21. The first kappa shape index (κ1) is 18.2. The number of piperidine rings is 1. The number of rotatable bonds is 5. The number of carbonyl (C=O) groups excluding carboxylic acids is 1. The smallest absolute Gasteiger partial charge is 0.256 e. The van der Waals surface area contributed by atoms with Crippen LogP contribution >= 0.6 is 0 Å². The van der Waals surface area contributed by atoms with Crippen molar-refractivity contribution in [1.29, 1.82) is 0 Å². The maximum Gasteiger partial charge on any atom is 0.256 e. The van der Waals surface area contributed by atoms with Gasteiger partial charge < -0.3 is 14.7 Å². The van der Waals surface area contributed by atoms with Gasteiger partial charge in [-0.15, -0.1) is 5.10 Å². The van der Waals surface area contributed by atoms with E-state index < -0.39 is 0 Å². The zero-order valence-electron chi connectivity index (χ0n) is 15.8. The summed E-state index contributed by atoms with van der Waals surface area (Å²) in [6.45, 7) is 4.35. The molecule has 1 saturated heterocycles. The standard InChI is InChI=1S/C21H23N5O2/c1-15-9-10-19(25-24-15)26-11-5-6-16(14-26)12-22-21(27)18-13-23-28-20(18)17-7-3-2-4-8-17/h2-4,7-10,13,16H,5-6,11-12,14H2,1H3,(H,22,27). The fourth-order valence-corrected chi connectivity index (χ4v) is 3.53. The number of hydrogen-bond donors (Lipinski definition) is 1. The number of hydrogen-bond acceptors (Lipinski definition) is 6. The van der Waals surface area contributed by atoms with Crippen molar-refractivity contribution in [2.45, 2.75) is 19.8 Å². The molecule has 1 aliphatic heterocycles. The molecule has 7 nitrogen and oxygen atoms in total. The lowest BCUT2D eigenvalue weighted by atomic mass is 9.97. The first-order valence-electron chi connectivity index (χ1n) is 9.54. The van der Waals surface area contributed by atoms with Crippen LogP contribution in [0.5, 0.6) is 0 Å². The van der Waals surface area contributed by atoms with Gasteiger partial charge in [0.05, 0.1) is 11.9 Å². The molecule has 1 aromatic carbocycles. The monoisotopic (exact) mass is 377 g/mol. The van der Waals surface area contributed by atoms with Gasteiger partial charge in [0.25, 0.3) is 5.91 Å². The molecule has 144 valence electrons. The van der Waals surface area contributed by atoms with Gasteiger partial charge in [0.1, 0.15) is 5.56 Å². The van der Waals surface area contributed by atoms with Crippen LogP contribution in [0.25, 0.3) is 11.3 Å². The first-order chi connectivity index (χ1) is 13.7. The van der Waals surface area contributed by atoms with E-state index in [9.17, 15) is 4.79 Å². The molecule has 0 spiro atoms. The summed E-state index contributed by atoms with van der Waals surface area (Å²) in [7, 11) is 0. The van der Waals surface area contributed by atoms with Crippen molar-refractivity contribution in [3.8, 4) is 11.3 Å². The van der Waals surface area contributed by atoms with E-state index in [0.717, 1.165) is 43.0 Å². The molecule has 0 bridgehead atoms. The fraction of sp³-hybridized carbons (Fsp3) is 0.333. The summed E-state index contributed by atoms with van der Waals surface area (Å²) >= 11 is 0. The highest BCUT2D eigenvalue weighted by atomic mass is 16.5. The number of amides is 1. The first-order valence-corrected chi connectivity index (χ1v) is 9.54. The fourth-order valence-electron chi connectivity index (χ4n) is 3.53. The minimum atomic E-state index is -0.160. The average molecular weight is 377 g/mol. The van der Waals surface area contributed by atoms with Crippen LogP contribution in [-0.4, -0.2) is 40.9 Å². The van der Waals surface area contributed by atoms with E-state index >= 15 is 0 Å². The largest absolute Gasteiger partial charge is 0.355 e. The number of aromatic nitrogens is 3. The maximum absolute atomic E-state index is 12.7. The Morgan fingerprint density at radius 1 is 1.21 bits per heavy atom. The molecule has 1 amide bonds. The van der Waals surface area contributed by atoms with Gasteiger partial charge in [-0.3, -0.25) is 4.79 Å². The lowest BCUT2D eigenvalue weighted by molar-refractivity contribution is 0.0946. The van der Waals surface area contributed by atoms with Crippen LogP contribution in [0.4, 0.5) is 5.82 Å². The van der Waals surface area contributed by atoms with E-state index in [-0.39, 0.29) is 5.91 Å². The van der Waals surface area contributed by atoms with E-state index in [1.54, 1.807) is 0 Å². The van der Waals surface area contributed by atoms with Crippen molar-refractivity contribution in [2.75, 3.05) is 24.5 Å². The molecule has 1 fully saturated rings. The quantitative estimate of drug-likeness (QED) is 0.736. The lowest BCUT2D eigenvalue weighted by Gasteiger charge is -2.33. The van der Waals surface area contributed by atoms with Crippen molar-refractivity contribution in [1.82, 2.24) is 20.7 Å². The highest BCUT2D eigenvalue weighted by Gasteiger charge is 2.23. The number of benzene rings is 1. The van der Waals surface area contributed by atoms with Gasteiger partial charge in [-0.2, -0.15) is 5.10 Å². The Morgan fingerprint density at radius 3 is 2.86 bits per heavy atom. The highest BCUT2D eigenvalue weighted by Crippen LogP contribution is 2.24. The molecular weight excluding hydrogens is 354 g/mol. The Balaban J connectivity index is 1.38. The molecule has 2 aromatic heterocycles. The molecule has 7 heteroatoms. The van der Waals surface area contributed by atoms with Crippen molar-refractivity contribution in [3.63, 3.8) is 0 Å². The minimum absolute atomic E-state index is 0.160. The Morgan fingerprint density at radius 2 is 2.07 bits per heavy atom. The average Bonchev–Trinajstić information content (AvgIpc) is 3.23. The summed E-state index contributed by atoms with van der Waals surface area (Å²) < 4.78 is 5.31. The minimum Gasteiger partial charge on any atom is -0.355 e. The van der Waals surface area contributed by atoms with Crippen LogP contribution in [0.15, 0.2) is 53.2 Å². The van der Waals surface area contributed by atoms with Gasteiger partial charge in [0, 0.05) is 25.2 Å². The molecule has 4 rings (SSSR count). The summed E-state index contributed by atoms with van der Waals surface area (Å²) in [5.74, 6) is 1.60. The molecular formula is C21H23N5O2. The van der Waals surface area contributed by atoms with E-state index in [1.807, 2.05) is 49.4 Å². The van der Waals surface area contributed by atoms with Crippen molar-refractivity contribution >= 4 is 11.7 Å². The molecule has 1 N–H and O–H groups in total. The zero-order chi connectivity index (χ0) is 19.3. The Kier molecular flexibility index (Phi) is 5.32. The summed E-state index contributed by atoms with van der Waals surface area (Å²) in [6.07, 6.45) is 3.62. The van der Waals surface area contributed by atoms with Gasteiger partial charge in [-0.25, -0.2) is 0 Å². The third-order valence-electron chi connectivity index (χ3n) is 5.03. The maximum atomic E-state index is 12.7. The molecule has 0 radical (unpaired) electrons. The topological polar surface area (TPSA) is 84.2 Å². The predicted octanol–water partition coefficient (Wildman–Crippen LogP) is 3.09. The molecule has 28 heavy (non-hydrogen) atoms. The number of anilines is 1. The normalized spacial score (nSPS) is 16.8. The van der Waals surface area contributed by atoms with Gasteiger partial charge in [0.2, 0.25) is 0 Å². The van der Waals surface area contributed by atoms with Crippen LogP contribution in [0.1, 0.15) is 28.9 Å². The van der Waals surface area contributed by atoms with Crippen LogP contribution in [-0.2, 0) is 0 Å². The van der Waals surface area contributed by atoms with Crippen LogP contribution < -0.4 is 10.2 Å². The van der Waals surface area contributed by atoms with Crippen LogP contribution in [0, 0.1) is 12.8 Å². The molecule has 3 aromatic rings. The third-order valence-corrected chi connectivity index (χ3v) is 5.03.